The zero-order chi connectivity index (χ0) is 17.6. The Kier molecular flexibility index (Phi) is 5.48. The Hall–Kier alpha value is -2.63. The number of nitrogens with zero attached hydrogens (tertiary/aromatic N) is 1. The molecular weight excluding hydrogens is 316 g/mol. The molecule has 1 atom stereocenters. The smallest absolute Gasteiger partial charge is 0.227 e. The molecule has 0 bridgehead atoms. The van der Waals surface area contributed by atoms with Crippen molar-refractivity contribution in [1.82, 2.24) is 4.57 Å². The Morgan fingerprint density at radius 1 is 1.20 bits per heavy atom. The maximum Gasteiger partial charge on any atom is 0.227 e. The average Bonchev–Trinajstić information content (AvgIpc) is 3.03. The van der Waals surface area contributed by atoms with E-state index in [0.717, 1.165) is 28.7 Å². The SMILES string of the molecule is COCCn1ccc2ccc(NC(=O)CC(O)c3ccccc3)cc21. The highest BCUT2D eigenvalue weighted by Gasteiger charge is 2.13. The number of benzene rings is 2. The van der Waals surface area contributed by atoms with E-state index in [4.69, 9.17) is 4.74 Å². The first-order valence-electron chi connectivity index (χ1n) is 8.28. The first kappa shape index (κ1) is 17.2. The summed E-state index contributed by atoms with van der Waals surface area (Å²) in [5.74, 6) is -0.217. The van der Waals surface area contributed by atoms with Crippen LogP contribution >= 0.6 is 0 Å². The zero-order valence-corrected chi connectivity index (χ0v) is 14.2. The molecule has 0 saturated carbocycles. The van der Waals surface area contributed by atoms with Crippen LogP contribution in [0.25, 0.3) is 10.9 Å². The van der Waals surface area contributed by atoms with Gasteiger partial charge < -0.3 is 19.7 Å². The summed E-state index contributed by atoms with van der Waals surface area (Å²) in [4.78, 5) is 12.2. The van der Waals surface area contributed by atoms with Gasteiger partial charge in [-0.25, -0.2) is 0 Å². The van der Waals surface area contributed by atoms with Gasteiger partial charge >= 0.3 is 0 Å². The van der Waals surface area contributed by atoms with Gasteiger partial charge in [-0.1, -0.05) is 36.4 Å². The molecule has 5 nitrogen and oxygen atoms in total. The van der Waals surface area contributed by atoms with Crippen LogP contribution in [0.3, 0.4) is 0 Å². The number of aliphatic hydroxyl groups excluding tert-OH is 1. The van der Waals surface area contributed by atoms with Gasteiger partial charge in [0.05, 0.1) is 24.6 Å². The molecule has 3 rings (SSSR count). The number of aromatic nitrogens is 1. The van der Waals surface area contributed by atoms with Crippen molar-refractivity contribution in [3.63, 3.8) is 0 Å². The summed E-state index contributed by atoms with van der Waals surface area (Å²) in [5.41, 5.74) is 2.50. The fourth-order valence-corrected chi connectivity index (χ4v) is 2.83. The molecule has 0 aliphatic heterocycles. The highest BCUT2D eigenvalue weighted by atomic mass is 16.5. The largest absolute Gasteiger partial charge is 0.388 e. The molecule has 1 unspecified atom stereocenters. The van der Waals surface area contributed by atoms with Crippen LogP contribution in [-0.2, 0) is 16.1 Å². The van der Waals surface area contributed by atoms with Gasteiger partial charge in [-0.2, -0.15) is 0 Å². The van der Waals surface area contributed by atoms with Gasteiger partial charge in [0.15, 0.2) is 0 Å². The maximum atomic E-state index is 12.2. The lowest BCUT2D eigenvalue weighted by Gasteiger charge is -2.12. The van der Waals surface area contributed by atoms with Crippen molar-refractivity contribution in [2.45, 2.75) is 19.1 Å². The first-order chi connectivity index (χ1) is 12.2. The summed E-state index contributed by atoms with van der Waals surface area (Å²) in [5, 5.41) is 14.1. The molecule has 25 heavy (non-hydrogen) atoms. The number of hydrogen-bond donors (Lipinski definition) is 2. The number of rotatable bonds is 7. The molecule has 130 valence electrons. The average molecular weight is 338 g/mol. The number of amides is 1. The van der Waals surface area contributed by atoms with E-state index in [1.54, 1.807) is 7.11 Å². The van der Waals surface area contributed by atoms with E-state index in [1.165, 1.54) is 0 Å². The topological polar surface area (TPSA) is 63.5 Å². The summed E-state index contributed by atoms with van der Waals surface area (Å²) in [6, 6.07) is 17.0. The van der Waals surface area contributed by atoms with Crippen molar-refractivity contribution in [1.29, 1.82) is 0 Å². The van der Waals surface area contributed by atoms with Crippen LogP contribution in [-0.4, -0.2) is 29.3 Å². The summed E-state index contributed by atoms with van der Waals surface area (Å²) >= 11 is 0. The molecule has 3 aromatic rings. The number of nitrogens with one attached hydrogen (secondary N) is 1. The van der Waals surface area contributed by atoms with Crippen LogP contribution in [0.1, 0.15) is 18.1 Å². The lowest BCUT2D eigenvalue weighted by Crippen LogP contribution is -2.15. The zero-order valence-electron chi connectivity index (χ0n) is 14.2. The van der Waals surface area contributed by atoms with E-state index >= 15 is 0 Å². The van der Waals surface area contributed by atoms with E-state index in [9.17, 15) is 9.90 Å². The minimum absolute atomic E-state index is 0.0206. The molecule has 5 heteroatoms. The number of aliphatic hydroxyl groups is 1. The van der Waals surface area contributed by atoms with Crippen LogP contribution in [0.2, 0.25) is 0 Å². The Labute approximate surface area is 146 Å². The summed E-state index contributed by atoms with van der Waals surface area (Å²) < 4.78 is 7.22. The number of carbonyl (C=O) groups excluding carboxylic acids is 1. The van der Waals surface area contributed by atoms with Gasteiger partial charge in [0.2, 0.25) is 5.91 Å². The molecule has 2 N–H and O–H groups in total. The first-order valence-corrected chi connectivity index (χ1v) is 8.28. The fourth-order valence-electron chi connectivity index (χ4n) is 2.83. The van der Waals surface area contributed by atoms with Crippen LogP contribution in [0.5, 0.6) is 0 Å². The molecule has 0 radical (unpaired) electrons. The normalized spacial score (nSPS) is 12.2. The van der Waals surface area contributed by atoms with Gasteiger partial charge in [-0.3, -0.25) is 4.79 Å². The van der Waals surface area contributed by atoms with E-state index in [-0.39, 0.29) is 12.3 Å². The lowest BCUT2D eigenvalue weighted by atomic mass is 10.1. The van der Waals surface area contributed by atoms with Gasteiger partial charge in [0.1, 0.15) is 0 Å². The van der Waals surface area contributed by atoms with Crippen LogP contribution in [0, 0.1) is 0 Å². The molecule has 1 heterocycles. The maximum absolute atomic E-state index is 12.2. The van der Waals surface area contributed by atoms with Crippen molar-refractivity contribution in [2.24, 2.45) is 0 Å². The highest BCUT2D eigenvalue weighted by Crippen LogP contribution is 2.22. The Morgan fingerprint density at radius 3 is 2.76 bits per heavy atom. The number of fused-ring (bicyclic) bond motifs is 1. The highest BCUT2D eigenvalue weighted by molar-refractivity contribution is 5.94. The Balaban J connectivity index is 1.68. The van der Waals surface area contributed by atoms with Crippen molar-refractivity contribution >= 4 is 22.5 Å². The molecule has 2 aromatic carbocycles. The standard InChI is InChI=1S/C20H22N2O3/c1-25-12-11-22-10-9-15-7-8-17(13-18(15)22)21-20(24)14-19(23)16-5-3-2-4-6-16/h2-10,13,19,23H,11-12,14H2,1H3,(H,21,24). The molecule has 0 spiro atoms. The lowest BCUT2D eigenvalue weighted by molar-refractivity contribution is -0.118. The molecule has 0 aliphatic rings. The fraction of sp³-hybridized carbons (Fsp3) is 0.250. The number of ether oxygens (including phenoxy) is 1. The Morgan fingerprint density at radius 2 is 2.00 bits per heavy atom. The molecule has 1 aromatic heterocycles. The van der Waals surface area contributed by atoms with Crippen LogP contribution in [0.15, 0.2) is 60.8 Å². The molecular formula is C20H22N2O3. The summed E-state index contributed by atoms with van der Waals surface area (Å²) in [6.07, 6.45) is 1.22. The minimum Gasteiger partial charge on any atom is -0.388 e. The van der Waals surface area contributed by atoms with E-state index in [0.29, 0.717) is 6.61 Å². The van der Waals surface area contributed by atoms with Crippen molar-refractivity contribution in [3.05, 3.63) is 66.4 Å². The second kappa shape index (κ2) is 7.96. The monoisotopic (exact) mass is 338 g/mol. The van der Waals surface area contributed by atoms with Crippen molar-refractivity contribution in [3.8, 4) is 0 Å². The van der Waals surface area contributed by atoms with E-state index < -0.39 is 6.10 Å². The molecule has 0 fully saturated rings. The van der Waals surface area contributed by atoms with E-state index in [2.05, 4.69) is 9.88 Å². The molecule has 0 saturated heterocycles. The third-order valence-corrected chi connectivity index (χ3v) is 4.16. The quantitative estimate of drug-likeness (QED) is 0.694. The third-order valence-electron chi connectivity index (χ3n) is 4.16. The van der Waals surface area contributed by atoms with Gasteiger partial charge in [0.25, 0.3) is 0 Å². The minimum atomic E-state index is -0.810. The van der Waals surface area contributed by atoms with Gasteiger partial charge in [-0.05, 0) is 29.1 Å². The third kappa shape index (κ3) is 4.26. The second-order valence-corrected chi connectivity index (χ2v) is 5.95. The number of anilines is 1. The second-order valence-electron chi connectivity index (χ2n) is 5.95. The number of methoxy groups -OCH3 is 1. The van der Waals surface area contributed by atoms with Crippen LogP contribution in [0.4, 0.5) is 5.69 Å². The Bertz CT molecular complexity index is 843. The van der Waals surface area contributed by atoms with Crippen LogP contribution < -0.4 is 5.32 Å². The summed E-state index contributed by atoms with van der Waals surface area (Å²) in [7, 11) is 1.68. The predicted octanol–water partition coefficient (Wildman–Crippen LogP) is 3.35. The number of hydrogen-bond acceptors (Lipinski definition) is 3. The van der Waals surface area contributed by atoms with Gasteiger partial charge in [0, 0.05) is 25.5 Å². The predicted molar refractivity (Wildman–Crippen MR) is 98.5 cm³/mol. The van der Waals surface area contributed by atoms with Crippen molar-refractivity contribution < 1.29 is 14.6 Å². The van der Waals surface area contributed by atoms with E-state index in [1.807, 2.05) is 60.8 Å². The number of carbonyl (C=O) groups is 1. The van der Waals surface area contributed by atoms with Crippen molar-refractivity contribution in [2.75, 3.05) is 19.0 Å². The van der Waals surface area contributed by atoms with Gasteiger partial charge in [-0.15, -0.1) is 0 Å². The molecule has 0 aliphatic carbocycles. The summed E-state index contributed by atoms with van der Waals surface area (Å²) in [6.45, 7) is 1.38. The molecule has 1 amide bonds.